The summed E-state index contributed by atoms with van der Waals surface area (Å²) in [4.78, 5) is 2.49. The molecular formula is C14H19NOS. The van der Waals surface area contributed by atoms with Crippen molar-refractivity contribution >= 4 is 18.3 Å². The highest BCUT2D eigenvalue weighted by atomic mass is 32.1. The van der Waals surface area contributed by atoms with Crippen LogP contribution in [0.5, 0.6) is 5.75 Å². The number of ether oxygens (including phenoxy) is 1. The molecule has 0 spiro atoms. The van der Waals surface area contributed by atoms with Gasteiger partial charge in [-0.1, -0.05) is 12.1 Å². The highest BCUT2D eigenvalue weighted by Crippen LogP contribution is 2.48. The van der Waals surface area contributed by atoms with Gasteiger partial charge in [0.2, 0.25) is 0 Å². The minimum absolute atomic E-state index is 0.473. The predicted octanol–water partition coefficient (Wildman–Crippen LogP) is 2.99. The number of rotatable bonds is 3. The lowest BCUT2D eigenvalue weighted by atomic mass is 10.1. The molecule has 0 aromatic heterocycles. The fourth-order valence-electron chi connectivity index (χ4n) is 2.51. The third-order valence-corrected chi connectivity index (χ3v) is 4.53. The van der Waals surface area contributed by atoms with Crippen LogP contribution in [0.3, 0.4) is 0 Å². The Morgan fingerprint density at radius 3 is 2.88 bits per heavy atom. The number of hydrogen-bond acceptors (Lipinski definition) is 3. The molecule has 0 radical (unpaired) electrons. The minimum Gasteiger partial charge on any atom is -0.491 e. The van der Waals surface area contributed by atoms with E-state index in [1.165, 1.54) is 18.5 Å². The van der Waals surface area contributed by atoms with E-state index in [0.717, 1.165) is 37.6 Å². The zero-order valence-electron chi connectivity index (χ0n) is 10.1. The van der Waals surface area contributed by atoms with Crippen LogP contribution in [-0.2, 0) is 0 Å². The van der Waals surface area contributed by atoms with E-state index in [-0.39, 0.29) is 0 Å². The molecule has 1 fully saturated rings. The summed E-state index contributed by atoms with van der Waals surface area (Å²) in [6.45, 7) is 3.07. The van der Waals surface area contributed by atoms with Gasteiger partial charge in [0.05, 0.1) is 12.3 Å². The van der Waals surface area contributed by atoms with E-state index in [2.05, 4.69) is 35.7 Å². The number of benzene rings is 1. The van der Waals surface area contributed by atoms with Crippen LogP contribution in [-0.4, -0.2) is 25.4 Å². The number of anilines is 1. The van der Waals surface area contributed by atoms with Gasteiger partial charge < -0.3 is 9.64 Å². The lowest BCUT2D eigenvalue weighted by molar-refractivity contribution is 0.322. The molecule has 1 aromatic carbocycles. The largest absolute Gasteiger partial charge is 0.491 e. The summed E-state index contributed by atoms with van der Waals surface area (Å²) in [6, 6.07) is 8.40. The van der Waals surface area contributed by atoms with Gasteiger partial charge in [0.15, 0.2) is 0 Å². The second-order valence-corrected chi connectivity index (χ2v) is 5.57. The van der Waals surface area contributed by atoms with Crippen molar-refractivity contribution in [1.82, 2.24) is 0 Å². The van der Waals surface area contributed by atoms with Crippen LogP contribution in [0.15, 0.2) is 24.3 Å². The minimum atomic E-state index is 0.473. The van der Waals surface area contributed by atoms with E-state index in [4.69, 9.17) is 4.74 Å². The lowest BCUT2D eigenvalue weighted by Crippen LogP contribution is -2.31. The second kappa shape index (κ2) is 4.45. The van der Waals surface area contributed by atoms with E-state index in [9.17, 15) is 0 Å². The Kier molecular flexibility index (Phi) is 2.95. The first-order valence-electron chi connectivity index (χ1n) is 6.41. The van der Waals surface area contributed by atoms with Crippen molar-refractivity contribution in [3.05, 3.63) is 24.3 Å². The zero-order valence-corrected chi connectivity index (χ0v) is 11.0. The van der Waals surface area contributed by atoms with Crippen LogP contribution < -0.4 is 9.64 Å². The first kappa shape index (κ1) is 11.3. The maximum Gasteiger partial charge on any atom is 0.142 e. The van der Waals surface area contributed by atoms with Crippen LogP contribution >= 0.6 is 12.6 Å². The summed E-state index contributed by atoms with van der Waals surface area (Å²) in [5.41, 5.74) is 1.73. The molecule has 0 unspecified atom stereocenters. The molecular weight excluding hydrogens is 230 g/mol. The number of fused-ring (bicyclic) bond motifs is 1. The molecule has 0 N–H and O–H groups in total. The van der Waals surface area contributed by atoms with Crippen molar-refractivity contribution in [2.45, 2.75) is 19.3 Å². The summed E-state index contributed by atoms with van der Waals surface area (Å²) in [7, 11) is 0. The SMILES string of the molecule is SCC1(CN2CCCOc3ccccc32)CC1. The monoisotopic (exact) mass is 249 g/mol. The fraction of sp³-hybridized carbons (Fsp3) is 0.571. The molecule has 92 valence electrons. The fourth-order valence-corrected chi connectivity index (χ4v) is 2.93. The maximum atomic E-state index is 5.79. The molecule has 3 rings (SSSR count). The van der Waals surface area contributed by atoms with Gasteiger partial charge >= 0.3 is 0 Å². The molecule has 17 heavy (non-hydrogen) atoms. The van der Waals surface area contributed by atoms with E-state index >= 15 is 0 Å². The molecule has 1 aromatic rings. The first-order valence-corrected chi connectivity index (χ1v) is 7.04. The normalized spacial score (nSPS) is 21.4. The Hall–Kier alpha value is -0.830. The van der Waals surface area contributed by atoms with Crippen molar-refractivity contribution in [2.75, 3.05) is 30.3 Å². The zero-order chi connectivity index (χ0) is 11.7. The standard InChI is InChI=1S/C14H19NOS/c17-11-14(6-7-14)10-15-8-3-9-16-13-5-2-1-4-12(13)15/h1-2,4-5,17H,3,6-11H2. The summed E-state index contributed by atoms with van der Waals surface area (Å²) in [5, 5.41) is 0. The highest BCUT2D eigenvalue weighted by Gasteiger charge is 2.43. The van der Waals surface area contributed by atoms with Crippen molar-refractivity contribution < 1.29 is 4.74 Å². The maximum absolute atomic E-state index is 5.79. The van der Waals surface area contributed by atoms with Gasteiger partial charge in [0, 0.05) is 13.1 Å². The Balaban J connectivity index is 1.84. The van der Waals surface area contributed by atoms with Gasteiger partial charge in [0.25, 0.3) is 0 Å². The summed E-state index contributed by atoms with van der Waals surface area (Å²) in [5.74, 6) is 2.05. The number of para-hydroxylation sites is 2. The van der Waals surface area contributed by atoms with Crippen LogP contribution in [0.25, 0.3) is 0 Å². The highest BCUT2D eigenvalue weighted by molar-refractivity contribution is 7.80. The molecule has 1 saturated carbocycles. The van der Waals surface area contributed by atoms with Crippen LogP contribution in [0.1, 0.15) is 19.3 Å². The Morgan fingerprint density at radius 1 is 1.29 bits per heavy atom. The molecule has 1 aliphatic carbocycles. The van der Waals surface area contributed by atoms with Gasteiger partial charge in [-0.05, 0) is 42.6 Å². The number of thiol groups is 1. The van der Waals surface area contributed by atoms with Crippen molar-refractivity contribution in [3.63, 3.8) is 0 Å². The predicted molar refractivity (Wildman–Crippen MR) is 74.3 cm³/mol. The molecule has 0 amide bonds. The molecule has 1 heterocycles. The average Bonchev–Trinajstić information content (AvgIpc) is 3.16. The summed E-state index contributed by atoms with van der Waals surface area (Å²) >= 11 is 4.50. The van der Waals surface area contributed by atoms with Gasteiger partial charge in [-0.2, -0.15) is 12.6 Å². The van der Waals surface area contributed by atoms with Gasteiger partial charge in [-0.15, -0.1) is 0 Å². The van der Waals surface area contributed by atoms with E-state index in [1.807, 2.05) is 6.07 Å². The average molecular weight is 249 g/mol. The third-order valence-electron chi connectivity index (χ3n) is 3.85. The topological polar surface area (TPSA) is 12.5 Å². The van der Waals surface area contributed by atoms with Crippen molar-refractivity contribution in [2.24, 2.45) is 5.41 Å². The lowest BCUT2D eigenvalue weighted by Gasteiger charge is -2.28. The smallest absolute Gasteiger partial charge is 0.142 e. The Labute approximate surface area is 108 Å². The van der Waals surface area contributed by atoms with E-state index in [0.29, 0.717) is 5.41 Å². The quantitative estimate of drug-likeness (QED) is 0.827. The molecule has 3 heteroatoms. The third kappa shape index (κ3) is 2.25. The molecule has 2 nitrogen and oxygen atoms in total. The molecule has 0 bridgehead atoms. The molecule has 0 saturated heterocycles. The Morgan fingerprint density at radius 2 is 2.12 bits per heavy atom. The van der Waals surface area contributed by atoms with Crippen molar-refractivity contribution in [3.8, 4) is 5.75 Å². The summed E-state index contributed by atoms with van der Waals surface area (Å²) in [6.07, 6.45) is 3.77. The van der Waals surface area contributed by atoms with Crippen LogP contribution in [0.2, 0.25) is 0 Å². The Bertz CT molecular complexity index is 403. The molecule has 0 atom stereocenters. The first-order chi connectivity index (χ1) is 8.33. The van der Waals surface area contributed by atoms with Gasteiger partial charge in [-0.25, -0.2) is 0 Å². The number of hydrogen-bond donors (Lipinski definition) is 1. The number of nitrogens with zero attached hydrogens (tertiary/aromatic N) is 1. The van der Waals surface area contributed by atoms with Crippen LogP contribution in [0.4, 0.5) is 5.69 Å². The second-order valence-electron chi connectivity index (χ2n) is 5.25. The van der Waals surface area contributed by atoms with E-state index < -0.39 is 0 Å². The van der Waals surface area contributed by atoms with Gasteiger partial charge in [-0.3, -0.25) is 0 Å². The van der Waals surface area contributed by atoms with E-state index in [1.54, 1.807) is 0 Å². The van der Waals surface area contributed by atoms with Crippen molar-refractivity contribution in [1.29, 1.82) is 0 Å². The summed E-state index contributed by atoms with van der Waals surface area (Å²) < 4.78 is 5.79. The molecule has 2 aliphatic rings. The van der Waals surface area contributed by atoms with Crippen LogP contribution in [0, 0.1) is 5.41 Å². The van der Waals surface area contributed by atoms with Gasteiger partial charge in [0.1, 0.15) is 5.75 Å². The molecule has 1 aliphatic heterocycles.